The molecule has 8 heteroatoms. The van der Waals surface area contributed by atoms with Crippen LogP contribution < -0.4 is 14.8 Å². The maximum Gasteiger partial charge on any atom is 0.261 e. The summed E-state index contributed by atoms with van der Waals surface area (Å²) in [5, 5.41) is 11.6. The molecule has 1 aromatic carbocycles. The van der Waals surface area contributed by atoms with Crippen LogP contribution in [0.2, 0.25) is 0 Å². The molecular formula is C15H16BrN3O4. The zero-order valence-electron chi connectivity index (χ0n) is 12.6. The Labute approximate surface area is 142 Å². The number of piperazine rings is 1. The molecular weight excluding hydrogens is 366 g/mol. The molecule has 1 aromatic rings. The summed E-state index contributed by atoms with van der Waals surface area (Å²) < 4.78 is 11.6. The smallest absolute Gasteiger partial charge is 0.261 e. The number of halogens is 1. The molecule has 0 spiro atoms. The molecule has 0 aliphatic carbocycles. The van der Waals surface area contributed by atoms with Crippen LogP contribution in [0.5, 0.6) is 11.5 Å². The van der Waals surface area contributed by atoms with Crippen molar-refractivity contribution in [1.29, 1.82) is 5.26 Å². The van der Waals surface area contributed by atoms with Crippen molar-refractivity contribution >= 4 is 27.7 Å². The summed E-state index contributed by atoms with van der Waals surface area (Å²) in [5.74, 6) is 0.293. The first kappa shape index (κ1) is 17.1. The summed E-state index contributed by atoms with van der Waals surface area (Å²) in [6.07, 6.45) is 0. The molecule has 122 valence electrons. The van der Waals surface area contributed by atoms with Gasteiger partial charge in [-0.2, -0.15) is 5.26 Å². The van der Waals surface area contributed by atoms with Gasteiger partial charge in [0.1, 0.15) is 0 Å². The first-order chi connectivity index (χ1) is 11.0. The summed E-state index contributed by atoms with van der Waals surface area (Å²) in [7, 11) is 0. The summed E-state index contributed by atoms with van der Waals surface area (Å²) in [6.45, 7) is 2.94. The van der Waals surface area contributed by atoms with Crippen LogP contribution in [0.1, 0.15) is 12.5 Å². The van der Waals surface area contributed by atoms with Crippen LogP contribution in [0, 0.1) is 11.3 Å². The molecule has 0 atom stereocenters. The number of nitriles is 1. The average molecular weight is 382 g/mol. The van der Waals surface area contributed by atoms with Crippen molar-refractivity contribution in [3.8, 4) is 17.6 Å². The molecule has 1 aliphatic rings. The van der Waals surface area contributed by atoms with E-state index in [4.69, 9.17) is 14.7 Å². The Hall–Kier alpha value is -2.27. The molecule has 1 aliphatic heterocycles. The summed E-state index contributed by atoms with van der Waals surface area (Å²) in [5.41, 5.74) is 0.423. The molecule has 0 radical (unpaired) electrons. The molecule has 2 amide bonds. The van der Waals surface area contributed by atoms with Crippen molar-refractivity contribution in [1.82, 2.24) is 10.2 Å². The van der Waals surface area contributed by atoms with Crippen LogP contribution in [0.15, 0.2) is 16.6 Å². The highest BCUT2D eigenvalue weighted by molar-refractivity contribution is 9.10. The molecule has 23 heavy (non-hydrogen) atoms. The quantitative estimate of drug-likeness (QED) is 0.822. The fraction of sp³-hybridized carbons (Fsp3) is 0.400. The number of carbonyl (C=O) groups is 2. The van der Waals surface area contributed by atoms with Gasteiger partial charge in [0.25, 0.3) is 5.91 Å². The Morgan fingerprint density at radius 1 is 1.48 bits per heavy atom. The maximum absolute atomic E-state index is 12.1. The predicted molar refractivity (Wildman–Crippen MR) is 85.1 cm³/mol. The van der Waals surface area contributed by atoms with Crippen LogP contribution in [-0.4, -0.2) is 49.6 Å². The highest BCUT2D eigenvalue weighted by Gasteiger charge is 2.22. The van der Waals surface area contributed by atoms with Crippen molar-refractivity contribution in [3.05, 3.63) is 22.2 Å². The van der Waals surface area contributed by atoms with Crippen molar-refractivity contribution in [3.63, 3.8) is 0 Å². The van der Waals surface area contributed by atoms with Gasteiger partial charge in [0.2, 0.25) is 5.91 Å². The third-order valence-electron chi connectivity index (χ3n) is 3.17. The Bertz CT molecular complexity index is 657. The van der Waals surface area contributed by atoms with Crippen molar-refractivity contribution in [2.75, 3.05) is 32.8 Å². The van der Waals surface area contributed by atoms with Gasteiger partial charge in [-0.3, -0.25) is 9.59 Å². The van der Waals surface area contributed by atoms with Crippen LogP contribution in [0.25, 0.3) is 0 Å². The van der Waals surface area contributed by atoms with Crippen molar-refractivity contribution in [2.45, 2.75) is 6.92 Å². The molecule has 1 fully saturated rings. The van der Waals surface area contributed by atoms with E-state index in [0.29, 0.717) is 41.2 Å². The number of hydrogen-bond donors (Lipinski definition) is 1. The number of rotatable bonds is 5. The highest BCUT2D eigenvalue weighted by Crippen LogP contribution is 2.36. The number of benzene rings is 1. The number of ether oxygens (including phenoxy) is 2. The van der Waals surface area contributed by atoms with Gasteiger partial charge in [0, 0.05) is 19.2 Å². The Morgan fingerprint density at radius 3 is 2.91 bits per heavy atom. The lowest BCUT2D eigenvalue weighted by Crippen LogP contribution is -2.51. The second kappa shape index (κ2) is 7.83. The lowest BCUT2D eigenvalue weighted by atomic mass is 10.2. The van der Waals surface area contributed by atoms with E-state index in [1.807, 2.05) is 13.0 Å². The van der Waals surface area contributed by atoms with Gasteiger partial charge in [-0.15, -0.1) is 0 Å². The third kappa shape index (κ3) is 4.36. The van der Waals surface area contributed by atoms with Crippen LogP contribution in [-0.2, 0) is 9.59 Å². The highest BCUT2D eigenvalue weighted by atomic mass is 79.9. The molecule has 1 saturated heterocycles. The second-order valence-corrected chi connectivity index (χ2v) is 5.64. The van der Waals surface area contributed by atoms with Crippen LogP contribution in [0.4, 0.5) is 0 Å². The number of amides is 2. The Balaban J connectivity index is 2.08. The van der Waals surface area contributed by atoms with E-state index < -0.39 is 0 Å². The van der Waals surface area contributed by atoms with Gasteiger partial charge in [-0.1, -0.05) is 0 Å². The van der Waals surface area contributed by atoms with E-state index >= 15 is 0 Å². The van der Waals surface area contributed by atoms with E-state index in [1.54, 1.807) is 12.1 Å². The zero-order valence-corrected chi connectivity index (χ0v) is 14.2. The lowest BCUT2D eigenvalue weighted by Gasteiger charge is -2.26. The van der Waals surface area contributed by atoms with Gasteiger partial charge < -0.3 is 19.7 Å². The minimum atomic E-state index is -0.279. The lowest BCUT2D eigenvalue weighted by molar-refractivity contribution is -0.139. The minimum Gasteiger partial charge on any atom is -0.490 e. The molecule has 0 aromatic heterocycles. The average Bonchev–Trinajstić information content (AvgIpc) is 2.53. The molecule has 1 heterocycles. The molecule has 0 unspecified atom stereocenters. The van der Waals surface area contributed by atoms with E-state index in [2.05, 4.69) is 21.2 Å². The van der Waals surface area contributed by atoms with Gasteiger partial charge in [0.15, 0.2) is 18.1 Å². The topological polar surface area (TPSA) is 91.7 Å². The van der Waals surface area contributed by atoms with E-state index in [-0.39, 0.29) is 25.0 Å². The van der Waals surface area contributed by atoms with Gasteiger partial charge in [-0.25, -0.2) is 0 Å². The summed E-state index contributed by atoms with van der Waals surface area (Å²) in [4.78, 5) is 24.9. The van der Waals surface area contributed by atoms with E-state index in [1.165, 1.54) is 4.90 Å². The van der Waals surface area contributed by atoms with Gasteiger partial charge in [0.05, 0.1) is 29.3 Å². The molecule has 2 rings (SSSR count). The molecule has 1 N–H and O–H groups in total. The Morgan fingerprint density at radius 2 is 2.26 bits per heavy atom. The minimum absolute atomic E-state index is 0.0368. The monoisotopic (exact) mass is 381 g/mol. The summed E-state index contributed by atoms with van der Waals surface area (Å²) >= 11 is 3.32. The largest absolute Gasteiger partial charge is 0.490 e. The first-order valence-electron chi connectivity index (χ1n) is 7.08. The number of nitrogens with zero attached hydrogens (tertiary/aromatic N) is 2. The van der Waals surface area contributed by atoms with Gasteiger partial charge >= 0.3 is 0 Å². The van der Waals surface area contributed by atoms with E-state index in [0.717, 1.165) is 0 Å². The van der Waals surface area contributed by atoms with Crippen molar-refractivity contribution in [2.24, 2.45) is 0 Å². The molecule has 0 bridgehead atoms. The predicted octanol–water partition coefficient (Wildman–Crippen LogP) is 1.06. The second-order valence-electron chi connectivity index (χ2n) is 4.78. The van der Waals surface area contributed by atoms with E-state index in [9.17, 15) is 9.59 Å². The Kier molecular flexibility index (Phi) is 5.82. The van der Waals surface area contributed by atoms with Crippen LogP contribution in [0.3, 0.4) is 0 Å². The zero-order chi connectivity index (χ0) is 16.8. The van der Waals surface area contributed by atoms with Gasteiger partial charge in [-0.05, 0) is 28.9 Å². The SMILES string of the molecule is CCOc1cc(C#N)cc(Br)c1OCC(=O)N1CCNC(=O)C1. The molecule has 7 nitrogen and oxygen atoms in total. The fourth-order valence-corrected chi connectivity index (χ4v) is 2.67. The fourth-order valence-electron chi connectivity index (χ4n) is 2.11. The standard InChI is InChI=1S/C15H16BrN3O4/c1-2-22-12-6-10(7-17)5-11(16)15(12)23-9-14(21)19-4-3-18-13(20)8-19/h5-6H,2-4,8-9H2,1H3,(H,18,20). The normalized spacial score (nSPS) is 14.0. The third-order valence-corrected chi connectivity index (χ3v) is 3.76. The molecule has 0 saturated carbocycles. The first-order valence-corrected chi connectivity index (χ1v) is 7.88. The van der Waals surface area contributed by atoms with Crippen LogP contribution >= 0.6 is 15.9 Å². The maximum atomic E-state index is 12.1. The number of nitrogens with one attached hydrogen (secondary N) is 1. The van der Waals surface area contributed by atoms with Crippen molar-refractivity contribution < 1.29 is 19.1 Å². The number of carbonyl (C=O) groups excluding carboxylic acids is 2. The summed E-state index contributed by atoms with van der Waals surface area (Å²) in [6, 6.07) is 5.18. The number of hydrogen-bond acceptors (Lipinski definition) is 5.